The Morgan fingerprint density at radius 3 is 2.52 bits per heavy atom. The van der Waals surface area contributed by atoms with Crippen LogP contribution in [0.2, 0.25) is 0 Å². The van der Waals surface area contributed by atoms with E-state index in [1.54, 1.807) is 25.7 Å². The number of nitrogens with one attached hydrogen (secondary N) is 2. The smallest absolute Gasteiger partial charge is 0.231 e. The van der Waals surface area contributed by atoms with Crippen LogP contribution < -0.4 is 15.5 Å². The predicted octanol–water partition coefficient (Wildman–Crippen LogP) is 1.04. The molecule has 0 amide bonds. The van der Waals surface area contributed by atoms with Crippen LogP contribution in [0.1, 0.15) is 19.8 Å². The topological polar surface area (TPSA) is 86.2 Å². The van der Waals surface area contributed by atoms with Crippen LogP contribution in [0.3, 0.4) is 0 Å². The van der Waals surface area contributed by atoms with Gasteiger partial charge in [-0.1, -0.05) is 0 Å². The van der Waals surface area contributed by atoms with Gasteiger partial charge in [-0.15, -0.1) is 0 Å². The highest BCUT2D eigenvalue weighted by atomic mass is 32.2. The largest absolute Gasteiger partial charge is 0.387 e. The first-order valence-corrected chi connectivity index (χ1v) is 8.57. The maximum absolute atomic E-state index is 10.2. The Morgan fingerprint density at radius 2 is 1.90 bits per heavy atom. The summed E-state index contributed by atoms with van der Waals surface area (Å²) in [6.07, 6.45) is 4.32. The molecule has 3 N–H and O–H groups in total. The fraction of sp³-hybridized carbons (Fsp3) is 0.769. The van der Waals surface area contributed by atoms with Crippen molar-refractivity contribution in [2.45, 2.75) is 25.4 Å². The molecule has 0 aromatic carbocycles. The van der Waals surface area contributed by atoms with Crippen LogP contribution in [-0.2, 0) is 0 Å². The quantitative estimate of drug-likeness (QED) is 0.688. The van der Waals surface area contributed by atoms with E-state index in [4.69, 9.17) is 0 Å². The van der Waals surface area contributed by atoms with E-state index in [9.17, 15) is 5.11 Å². The molecule has 1 aromatic heterocycles. The van der Waals surface area contributed by atoms with Crippen LogP contribution in [-0.4, -0.2) is 64.4 Å². The first-order chi connectivity index (χ1) is 10.0. The SMILES string of the molecule is CNc1nc(NCC(C)(O)CSC)nc(N2CCCC2)n1. The van der Waals surface area contributed by atoms with Crippen LogP contribution in [0, 0.1) is 0 Å². The molecular formula is C13H24N6OS. The van der Waals surface area contributed by atoms with Crippen molar-refractivity contribution in [3.63, 3.8) is 0 Å². The van der Waals surface area contributed by atoms with Crippen molar-refractivity contribution in [2.24, 2.45) is 0 Å². The number of nitrogens with zero attached hydrogens (tertiary/aromatic N) is 4. The van der Waals surface area contributed by atoms with E-state index in [1.807, 2.05) is 6.26 Å². The molecule has 2 heterocycles. The third kappa shape index (κ3) is 4.60. The van der Waals surface area contributed by atoms with Crippen LogP contribution in [0.25, 0.3) is 0 Å². The number of hydrogen-bond donors (Lipinski definition) is 3. The molecule has 0 radical (unpaired) electrons. The number of anilines is 3. The molecular weight excluding hydrogens is 288 g/mol. The number of aromatic nitrogens is 3. The van der Waals surface area contributed by atoms with Gasteiger partial charge in [0, 0.05) is 32.4 Å². The highest BCUT2D eigenvalue weighted by Gasteiger charge is 2.21. The molecule has 1 saturated heterocycles. The van der Waals surface area contributed by atoms with Gasteiger partial charge in [0.05, 0.1) is 5.60 Å². The van der Waals surface area contributed by atoms with Gasteiger partial charge in [0.15, 0.2) is 0 Å². The van der Waals surface area contributed by atoms with E-state index >= 15 is 0 Å². The lowest BCUT2D eigenvalue weighted by atomic mass is 10.1. The summed E-state index contributed by atoms with van der Waals surface area (Å²) in [7, 11) is 1.79. The van der Waals surface area contributed by atoms with Gasteiger partial charge < -0.3 is 20.6 Å². The van der Waals surface area contributed by atoms with Crippen molar-refractivity contribution in [3.05, 3.63) is 0 Å². The third-order valence-corrected chi connectivity index (χ3v) is 4.23. The van der Waals surface area contributed by atoms with Crippen molar-refractivity contribution >= 4 is 29.6 Å². The van der Waals surface area contributed by atoms with Gasteiger partial charge in [-0.3, -0.25) is 0 Å². The molecule has 1 aliphatic rings. The molecule has 1 fully saturated rings. The highest BCUT2D eigenvalue weighted by molar-refractivity contribution is 7.98. The second-order valence-electron chi connectivity index (χ2n) is 5.51. The number of hydrogen-bond acceptors (Lipinski definition) is 8. The van der Waals surface area contributed by atoms with Crippen LogP contribution in [0.5, 0.6) is 0 Å². The molecule has 8 heteroatoms. The molecule has 1 aliphatic heterocycles. The summed E-state index contributed by atoms with van der Waals surface area (Å²) in [5, 5.41) is 16.3. The van der Waals surface area contributed by atoms with E-state index in [2.05, 4.69) is 30.5 Å². The zero-order valence-electron chi connectivity index (χ0n) is 12.9. The van der Waals surface area contributed by atoms with E-state index in [0.29, 0.717) is 30.1 Å². The van der Waals surface area contributed by atoms with Gasteiger partial charge in [0.2, 0.25) is 17.8 Å². The minimum atomic E-state index is -0.792. The molecule has 0 aliphatic carbocycles. The van der Waals surface area contributed by atoms with Gasteiger partial charge in [-0.05, 0) is 26.0 Å². The second-order valence-corrected chi connectivity index (χ2v) is 6.38. The summed E-state index contributed by atoms with van der Waals surface area (Å²) in [5.41, 5.74) is -0.792. The summed E-state index contributed by atoms with van der Waals surface area (Å²) in [5.74, 6) is 2.39. The Morgan fingerprint density at radius 1 is 1.24 bits per heavy atom. The molecule has 0 saturated carbocycles. The summed E-state index contributed by atoms with van der Waals surface area (Å²) in [4.78, 5) is 15.3. The monoisotopic (exact) mass is 312 g/mol. The third-order valence-electron chi connectivity index (χ3n) is 3.32. The van der Waals surface area contributed by atoms with Gasteiger partial charge in [0.25, 0.3) is 0 Å². The van der Waals surface area contributed by atoms with Crippen molar-refractivity contribution in [3.8, 4) is 0 Å². The lowest BCUT2D eigenvalue weighted by molar-refractivity contribution is 0.0995. The molecule has 7 nitrogen and oxygen atoms in total. The molecule has 21 heavy (non-hydrogen) atoms. The molecule has 0 bridgehead atoms. The molecule has 1 aromatic rings. The van der Waals surface area contributed by atoms with Crippen molar-refractivity contribution in [1.82, 2.24) is 15.0 Å². The van der Waals surface area contributed by atoms with Crippen molar-refractivity contribution in [1.29, 1.82) is 0 Å². The first-order valence-electron chi connectivity index (χ1n) is 7.18. The second kappa shape index (κ2) is 7.13. The average molecular weight is 312 g/mol. The van der Waals surface area contributed by atoms with Gasteiger partial charge in [0.1, 0.15) is 0 Å². The highest BCUT2D eigenvalue weighted by Crippen LogP contribution is 2.19. The van der Waals surface area contributed by atoms with E-state index < -0.39 is 5.60 Å². The average Bonchev–Trinajstić information content (AvgIpc) is 2.99. The molecule has 1 atom stereocenters. The van der Waals surface area contributed by atoms with E-state index in [-0.39, 0.29) is 0 Å². The number of rotatable bonds is 7. The summed E-state index contributed by atoms with van der Waals surface area (Å²) >= 11 is 1.61. The molecule has 118 valence electrons. The Hall–Kier alpha value is -1.28. The fourth-order valence-electron chi connectivity index (χ4n) is 2.25. The maximum Gasteiger partial charge on any atom is 0.231 e. The summed E-state index contributed by atoms with van der Waals surface area (Å²) in [6, 6.07) is 0. The number of aliphatic hydroxyl groups is 1. The standard InChI is InChI=1S/C13H24N6OS/c1-13(20,9-21-3)8-15-11-16-10(14-2)17-12(18-11)19-6-4-5-7-19/h20H,4-9H2,1-3H3,(H2,14,15,16,17,18). The number of thioether (sulfide) groups is 1. The van der Waals surface area contributed by atoms with Crippen LogP contribution >= 0.6 is 11.8 Å². The first kappa shape index (κ1) is 16.1. The molecule has 1 unspecified atom stereocenters. The van der Waals surface area contributed by atoms with E-state index in [0.717, 1.165) is 13.1 Å². The van der Waals surface area contributed by atoms with Crippen LogP contribution in [0.15, 0.2) is 0 Å². The Bertz CT molecular complexity index is 464. The Kier molecular flexibility index (Phi) is 5.46. The summed E-state index contributed by atoms with van der Waals surface area (Å²) < 4.78 is 0. The maximum atomic E-state index is 10.2. The Labute approximate surface area is 130 Å². The lowest BCUT2D eigenvalue weighted by Crippen LogP contribution is -2.36. The minimum absolute atomic E-state index is 0.403. The fourth-order valence-corrected chi connectivity index (χ4v) is 2.97. The predicted molar refractivity (Wildman–Crippen MR) is 88.3 cm³/mol. The van der Waals surface area contributed by atoms with Gasteiger partial charge in [-0.25, -0.2) is 0 Å². The Balaban J connectivity index is 2.09. The van der Waals surface area contributed by atoms with Crippen LogP contribution in [0.4, 0.5) is 17.8 Å². The minimum Gasteiger partial charge on any atom is -0.387 e. The van der Waals surface area contributed by atoms with Gasteiger partial charge >= 0.3 is 0 Å². The summed E-state index contributed by atoms with van der Waals surface area (Å²) in [6.45, 7) is 4.17. The normalized spacial score (nSPS) is 17.6. The zero-order valence-corrected chi connectivity index (χ0v) is 13.7. The van der Waals surface area contributed by atoms with Crippen molar-refractivity contribution in [2.75, 3.05) is 54.2 Å². The van der Waals surface area contributed by atoms with Gasteiger partial charge in [-0.2, -0.15) is 26.7 Å². The van der Waals surface area contributed by atoms with Crippen molar-refractivity contribution < 1.29 is 5.11 Å². The molecule has 2 rings (SSSR count). The molecule has 0 spiro atoms. The van der Waals surface area contributed by atoms with E-state index in [1.165, 1.54) is 12.8 Å². The zero-order chi connectivity index (χ0) is 15.3. The lowest BCUT2D eigenvalue weighted by Gasteiger charge is -2.23.